The van der Waals surface area contributed by atoms with Gasteiger partial charge in [-0.15, -0.1) is 0 Å². The van der Waals surface area contributed by atoms with Crippen molar-refractivity contribution in [2.24, 2.45) is 33.7 Å². The summed E-state index contributed by atoms with van der Waals surface area (Å²) in [5.74, 6) is 2.83. The van der Waals surface area contributed by atoms with E-state index in [1.165, 1.54) is 5.56 Å². The largest absolute Gasteiger partial charge is 0.472 e. The van der Waals surface area contributed by atoms with Gasteiger partial charge in [0.05, 0.1) is 11.8 Å². The van der Waals surface area contributed by atoms with Gasteiger partial charge in [0.15, 0.2) is 5.78 Å². The smallest absolute Gasteiger partial charge is 0.166 e. The molecule has 0 amide bonds. The fourth-order valence-electron chi connectivity index (χ4n) is 5.16. The van der Waals surface area contributed by atoms with E-state index in [1.807, 2.05) is 0 Å². The third-order valence-electron chi connectivity index (χ3n) is 7.16. The number of carbonyl (C=O) groups excluding carboxylic acids is 1. The Bertz CT molecular complexity index is 1010. The molecule has 4 rings (SSSR count). The summed E-state index contributed by atoms with van der Waals surface area (Å²) in [7, 11) is 0. The molecule has 0 spiro atoms. The van der Waals surface area contributed by atoms with Gasteiger partial charge in [0.2, 0.25) is 0 Å². The van der Waals surface area contributed by atoms with E-state index in [0.717, 1.165) is 31.0 Å². The normalized spacial score (nSPS) is 25.5. The van der Waals surface area contributed by atoms with Crippen molar-refractivity contribution in [3.8, 4) is 0 Å². The molecule has 0 N–H and O–H groups in total. The molecule has 2 aliphatic rings. The molecule has 3 heterocycles. The zero-order valence-electron chi connectivity index (χ0n) is 20.0. The molecule has 2 aliphatic heterocycles. The van der Waals surface area contributed by atoms with Crippen LogP contribution in [0.15, 0.2) is 75.1 Å². The second-order valence-electron chi connectivity index (χ2n) is 9.78. The van der Waals surface area contributed by atoms with Crippen LogP contribution in [0.2, 0.25) is 0 Å². The van der Waals surface area contributed by atoms with Gasteiger partial charge in [-0.1, -0.05) is 57.2 Å². The first kappa shape index (κ1) is 23.2. The summed E-state index contributed by atoms with van der Waals surface area (Å²) in [6, 6.07) is 12.4. The maximum Gasteiger partial charge on any atom is 0.166 e. The molecule has 1 aromatic heterocycles. The zero-order chi connectivity index (χ0) is 23.4. The van der Waals surface area contributed by atoms with E-state index in [2.05, 4.69) is 73.8 Å². The minimum absolute atomic E-state index is 0.170. The summed E-state index contributed by atoms with van der Waals surface area (Å²) in [5, 5.41) is 0. The van der Waals surface area contributed by atoms with Crippen LogP contribution in [0.25, 0.3) is 0 Å². The molecule has 0 aliphatic carbocycles. The SMILES string of the molecule is C=NCC1C(N2CCC(CC(=O)c3ccoc3)C(C)C2)=NC(C(C)C)=CC1c1ccccc1. The van der Waals surface area contributed by atoms with E-state index >= 15 is 0 Å². The van der Waals surface area contributed by atoms with Crippen LogP contribution in [0, 0.1) is 23.7 Å². The van der Waals surface area contributed by atoms with Gasteiger partial charge >= 0.3 is 0 Å². The van der Waals surface area contributed by atoms with E-state index in [1.54, 1.807) is 18.6 Å². The lowest BCUT2D eigenvalue weighted by Crippen LogP contribution is -2.48. The molecule has 1 fully saturated rings. The second kappa shape index (κ2) is 10.3. The number of carbonyl (C=O) groups is 1. The van der Waals surface area contributed by atoms with E-state index in [9.17, 15) is 4.79 Å². The Kier molecular flexibility index (Phi) is 7.26. The molecular weight excluding hydrogens is 410 g/mol. The number of benzene rings is 1. The zero-order valence-corrected chi connectivity index (χ0v) is 20.0. The minimum Gasteiger partial charge on any atom is -0.472 e. The number of hydrogen-bond donors (Lipinski definition) is 0. The van der Waals surface area contributed by atoms with Gasteiger partial charge in [-0.2, -0.15) is 0 Å². The molecule has 4 atom stereocenters. The molecule has 4 unspecified atom stereocenters. The topological polar surface area (TPSA) is 58.2 Å². The van der Waals surface area contributed by atoms with Gasteiger partial charge in [-0.25, -0.2) is 4.99 Å². The number of likely N-dealkylation sites (tertiary alicyclic amines) is 1. The lowest BCUT2D eigenvalue weighted by Gasteiger charge is -2.43. The van der Waals surface area contributed by atoms with Gasteiger partial charge < -0.3 is 14.3 Å². The molecule has 1 saturated heterocycles. The number of Topliss-reactive ketones (excluding diaryl/α,β-unsaturated/α-hetero) is 1. The molecule has 174 valence electrons. The van der Waals surface area contributed by atoms with Crippen LogP contribution in [-0.2, 0) is 0 Å². The number of piperidine rings is 1. The fraction of sp³-hybridized carbons (Fsp3) is 0.464. The molecular formula is C28H35N3O2. The van der Waals surface area contributed by atoms with Gasteiger partial charge in [-0.3, -0.25) is 4.79 Å². The van der Waals surface area contributed by atoms with Gasteiger partial charge in [-0.05, 0) is 42.5 Å². The Morgan fingerprint density at radius 1 is 1.27 bits per heavy atom. The molecule has 2 aromatic rings. The number of rotatable bonds is 7. The van der Waals surface area contributed by atoms with Crippen LogP contribution >= 0.6 is 0 Å². The summed E-state index contributed by atoms with van der Waals surface area (Å²) >= 11 is 0. The monoisotopic (exact) mass is 445 g/mol. The third kappa shape index (κ3) is 5.18. The molecule has 0 saturated carbocycles. The number of aliphatic imine (C=N–C) groups is 2. The molecule has 5 nitrogen and oxygen atoms in total. The van der Waals surface area contributed by atoms with Crippen molar-refractivity contribution in [2.45, 2.75) is 39.5 Å². The van der Waals surface area contributed by atoms with Crippen LogP contribution in [0.4, 0.5) is 0 Å². The Morgan fingerprint density at radius 3 is 2.70 bits per heavy atom. The number of allylic oxidation sites excluding steroid dienone is 2. The predicted molar refractivity (Wildman–Crippen MR) is 134 cm³/mol. The summed E-state index contributed by atoms with van der Waals surface area (Å²) in [4.78, 5) is 24.6. The molecule has 0 radical (unpaired) electrons. The average molecular weight is 446 g/mol. The molecule has 33 heavy (non-hydrogen) atoms. The summed E-state index contributed by atoms with van der Waals surface area (Å²) in [5.41, 5.74) is 3.12. The molecule has 1 aromatic carbocycles. The first-order valence-electron chi connectivity index (χ1n) is 12.1. The quantitative estimate of drug-likeness (QED) is 0.396. The molecule has 5 heteroatoms. The van der Waals surface area contributed by atoms with Crippen molar-refractivity contribution in [3.05, 3.63) is 71.8 Å². The number of hydrogen-bond acceptors (Lipinski definition) is 5. The highest BCUT2D eigenvalue weighted by atomic mass is 16.3. The van der Waals surface area contributed by atoms with Crippen LogP contribution < -0.4 is 0 Å². The van der Waals surface area contributed by atoms with Crippen LogP contribution in [0.1, 0.15) is 55.5 Å². The summed E-state index contributed by atoms with van der Waals surface area (Å²) in [6.45, 7) is 12.9. The molecule has 0 bridgehead atoms. The second-order valence-corrected chi connectivity index (χ2v) is 9.78. The highest BCUT2D eigenvalue weighted by Gasteiger charge is 2.37. The fourth-order valence-corrected chi connectivity index (χ4v) is 5.16. The first-order chi connectivity index (χ1) is 16.0. The van der Waals surface area contributed by atoms with E-state index < -0.39 is 0 Å². The van der Waals surface area contributed by atoms with Crippen molar-refractivity contribution < 1.29 is 9.21 Å². The minimum atomic E-state index is 0.170. The predicted octanol–water partition coefficient (Wildman–Crippen LogP) is 5.86. The highest BCUT2D eigenvalue weighted by molar-refractivity contribution is 5.95. The number of furan rings is 1. The maximum atomic E-state index is 12.6. The van der Waals surface area contributed by atoms with Gasteiger partial charge in [0, 0.05) is 43.6 Å². The van der Waals surface area contributed by atoms with Crippen molar-refractivity contribution in [2.75, 3.05) is 19.6 Å². The van der Waals surface area contributed by atoms with Crippen LogP contribution in [-0.4, -0.2) is 42.9 Å². The third-order valence-corrected chi connectivity index (χ3v) is 7.16. The van der Waals surface area contributed by atoms with E-state index in [0.29, 0.717) is 36.3 Å². The Morgan fingerprint density at radius 2 is 2.06 bits per heavy atom. The standard InChI is InChI=1S/C28H35N3O2/c1-19(2)26-15-24(21-8-6-5-7-9-21)25(16-29-4)28(30-26)31-12-10-22(20(3)17-31)14-27(32)23-11-13-33-18-23/h5-9,11,13,15,18-20,22,24-25H,4,10,12,14,16-17H2,1-3H3. The van der Waals surface area contributed by atoms with E-state index in [-0.39, 0.29) is 17.6 Å². The summed E-state index contributed by atoms with van der Waals surface area (Å²) in [6.07, 6.45) is 7.00. The summed E-state index contributed by atoms with van der Waals surface area (Å²) < 4.78 is 5.09. The number of amidine groups is 1. The Hall–Kier alpha value is -2.95. The van der Waals surface area contributed by atoms with Crippen molar-refractivity contribution in [1.82, 2.24) is 4.90 Å². The van der Waals surface area contributed by atoms with Gasteiger partial charge in [0.25, 0.3) is 0 Å². The lowest BCUT2D eigenvalue weighted by atomic mass is 9.79. The van der Waals surface area contributed by atoms with Crippen LogP contribution in [0.3, 0.4) is 0 Å². The van der Waals surface area contributed by atoms with Crippen molar-refractivity contribution >= 4 is 18.3 Å². The van der Waals surface area contributed by atoms with Crippen molar-refractivity contribution in [1.29, 1.82) is 0 Å². The van der Waals surface area contributed by atoms with Crippen LogP contribution in [0.5, 0.6) is 0 Å². The van der Waals surface area contributed by atoms with Crippen molar-refractivity contribution in [3.63, 3.8) is 0 Å². The number of ketones is 1. The number of nitrogens with zero attached hydrogens (tertiary/aromatic N) is 3. The Balaban J connectivity index is 1.55. The Labute approximate surface area is 197 Å². The van der Waals surface area contributed by atoms with E-state index in [4.69, 9.17) is 9.41 Å². The average Bonchev–Trinajstić information content (AvgIpc) is 3.36. The maximum absolute atomic E-state index is 12.6. The highest BCUT2D eigenvalue weighted by Crippen LogP contribution is 2.38. The van der Waals surface area contributed by atoms with Gasteiger partial charge in [0.1, 0.15) is 12.1 Å². The first-order valence-corrected chi connectivity index (χ1v) is 12.1. The lowest BCUT2D eigenvalue weighted by molar-refractivity contribution is 0.0905.